The molecule has 1 aliphatic rings. The molecule has 1 N–H and O–H groups in total. The summed E-state index contributed by atoms with van der Waals surface area (Å²) in [6.07, 6.45) is 3.48. The minimum atomic E-state index is -2.86. The van der Waals surface area contributed by atoms with Crippen molar-refractivity contribution in [3.8, 4) is 0 Å². The molecule has 5 nitrogen and oxygen atoms in total. The number of carbonyl (C=O) groups is 2. The first-order valence-corrected chi connectivity index (χ1v) is 8.31. The maximum absolute atomic E-state index is 12.6. The lowest BCUT2D eigenvalue weighted by Gasteiger charge is -2.20. The Bertz CT molecular complexity index is 664. The van der Waals surface area contributed by atoms with Gasteiger partial charge in [0.15, 0.2) is 0 Å². The molecule has 24 heavy (non-hydrogen) atoms. The molecule has 5 heteroatoms. The molecular weight excluding hydrogens is 308 g/mol. The number of aliphatic hydroxyl groups is 1. The summed E-state index contributed by atoms with van der Waals surface area (Å²) in [6.45, 7) is 1.32. The van der Waals surface area contributed by atoms with Crippen LogP contribution in [-0.2, 0) is 19.1 Å². The zero-order chi connectivity index (χ0) is 22.2. The fourth-order valence-electron chi connectivity index (χ4n) is 2.69. The van der Waals surface area contributed by atoms with Gasteiger partial charge in [0.05, 0.1) is 18.3 Å². The van der Waals surface area contributed by atoms with E-state index in [9.17, 15) is 9.59 Å². The van der Waals surface area contributed by atoms with Gasteiger partial charge in [0.1, 0.15) is 0 Å². The largest absolute Gasteiger partial charge is 0.489 e. The first kappa shape index (κ1) is 13.6. The number of aliphatic hydroxyl groups excluding tert-OH is 1. The van der Waals surface area contributed by atoms with Crippen LogP contribution in [0.5, 0.6) is 0 Å². The molecule has 0 aromatic rings. The van der Waals surface area contributed by atoms with Crippen molar-refractivity contribution >= 4 is 11.6 Å². The number of unbranched alkanes of at least 4 members (excludes halogenated alkanes) is 4. The van der Waals surface area contributed by atoms with Crippen molar-refractivity contribution in [2.24, 2.45) is 0 Å². The van der Waals surface area contributed by atoms with Crippen LogP contribution in [0.25, 0.3) is 0 Å². The number of methoxy groups -OCH3 is 2. The molecule has 136 valence electrons. The monoisotopic (exact) mass is 343 g/mol. The highest BCUT2D eigenvalue weighted by molar-refractivity contribution is 6.23. The molecule has 0 aromatic carbocycles. The lowest BCUT2D eigenvalue weighted by molar-refractivity contribution is -0.121. The highest BCUT2D eigenvalue weighted by Gasteiger charge is 2.34. The second kappa shape index (κ2) is 11.0. The second-order valence-electron chi connectivity index (χ2n) is 5.72. The van der Waals surface area contributed by atoms with Crippen LogP contribution in [0.3, 0.4) is 0 Å². The van der Waals surface area contributed by atoms with Crippen LogP contribution in [0.4, 0.5) is 0 Å². The van der Waals surface area contributed by atoms with Gasteiger partial charge in [-0.3, -0.25) is 9.59 Å². The molecule has 0 heterocycles. The third-order valence-corrected chi connectivity index (χ3v) is 4.06. The van der Waals surface area contributed by atoms with Crippen LogP contribution in [0.15, 0.2) is 22.7 Å². The average molecular weight is 343 g/mol. The van der Waals surface area contributed by atoms with Crippen LogP contribution in [0, 0.1) is 0 Å². The molecule has 0 radical (unpaired) electrons. The van der Waals surface area contributed by atoms with Gasteiger partial charge in [0.25, 0.3) is 0 Å². The number of ether oxygens (including phenoxy) is 2. The molecule has 0 fully saturated rings. The molecule has 0 aromatic heterocycles. The van der Waals surface area contributed by atoms with E-state index in [0.717, 1.165) is 25.7 Å². The molecule has 0 saturated carbocycles. The van der Waals surface area contributed by atoms with E-state index in [1.165, 1.54) is 14.0 Å². The minimum Gasteiger partial charge on any atom is -0.489 e. The number of ketones is 2. The summed E-state index contributed by atoms with van der Waals surface area (Å²) in [5.41, 5.74) is 0.483. The minimum absolute atomic E-state index is 0.138. The molecular formula is C19H30O5. The summed E-state index contributed by atoms with van der Waals surface area (Å²) in [5, 5.41) is 8.82. The zero-order valence-electron chi connectivity index (χ0n) is 19.4. The molecule has 0 spiro atoms. The van der Waals surface area contributed by atoms with Crippen molar-refractivity contribution in [3.05, 3.63) is 22.7 Å². The number of carbonyl (C=O) groups excluding carboxylic acids is 2. The van der Waals surface area contributed by atoms with Gasteiger partial charge in [-0.25, -0.2) is 0 Å². The number of hydrogen-bond donors (Lipinski definition) is 1. The lowest BCUT2D eigenvalue weighted by Crippen LogP contribution is -2.25. The van der Waals surface area contributed by atoms with E-state index in [-0.39, 0.29) is 24.4 Å². The van der Waals surface area contributed by atoms with Crippen molar-refractivity contribution in [2.75, 3.05) is 20.8 Å². The summed E-state index contributed by atoms with van der Waals surface area (Å²) in [4.78, 5) is 25.1. The average Bonchev–Trinajstić information content (AvgIpc) is 2.60. The highest BCUT2D eigenvalue weighted by Crippen LogP contribution is 2.28. The predicted molar refractivity (Wildman–Crippen MR) is 92.4 cm³/mol. The SMILES string of the molecule is [2H]C([2H])(CCO)CCCCCCCC1=C(C)C(=O)C(OC([2H])([2H])[2H])=C(OC)C1=O. The Hall–Kier alpha value is -1.62. The van der Waals surface area contributed by atoms with Gasteiger partial charge in [0.2, 0.25) is 23.1 Å². The van der Waals surface area contributed by atoms with E-state index in [1.807, 2.05) is 0 Å². The Morgan fingerprint density at radius 1 is 0.958 bits per heavy atom. The number of allylic oxidation sites excluding steroid dienone is 2. The first-order valence-electron chi connectivity index (χ1n) is 10.8. The van der Waals surface area contributed by atoms with E-state index in [2.05, 4.69) is 0 Å². The molecule has 0 unspecified atom stereocenters. The van der Waals surface area contributed by atoms with Crippen molar-refractivity contribution in [1.82, 2.24) is 0 Å². The van der Waals surface area contributed by atoms with Crippen molar-refractivity contribution in [1.29, 1.82) is 0 Å². The second-order valence-corrected chi connectivity index (χ2v) is 5.72. The standard InChI is InChI=1S/C19H30O5/c1-14-15(12-10-8-6-4-5-7-9-11-13-20)17(22)19(24-3)18(23-2)16(14)21/h20H,4-13H2,1-3H3/i2D3,9D2. The first-order chi connectivity index (χ1) is 13.4. The Labute approximate surface area is 151 Å². The third-order valence-electron chi connectivity index (χ3n) is 4.06. The summed E-state index contributed by atoms with van der Waals surface area (Å²) in [5.74, 6) is -2.13. The number of hydrogen-bond acceptors (Lipinski definition) is 5. The Morgan fingerprint density at radius 2 is 1.58 bits per heavy atom. The third kappa shape index (κ3) is 5.48. The van der Waals surface area contributed by atoms with E-state index < -0.39 is 30.7 Å². The van der Waals surface area contributed by atoms with E-state index in [1.54, 1.807) is 0 Å². The number of Topliss-reactive ketones (excluding diaryl/α,β-unsaturated/α-hetero) is 2. The van der Waals surface area contributed by atoms with E-state index in [0.29, 0.717) is 24.8 Å². The predicted octanol–water partition coefficient (Wildman–Crippen LogP) is 3.46. The van der Waals surface area contributed by atoms with Crippen molar-refractivity contribution in [2.45, 2.75) is 64.7 Å². The van der Waals surface area contributed by atoms with Gasteiger partial charge < -0.3 is 14.6 Å². The van der Waals surface area contributed by atoms with Crippen molar-refractivity contribution < 1.29 is 31.0 Å². The highest BCUT2D eigenvalue weighted by atomic mass is 16.5. The molecule has 0 bridgehead atoms. The molecule has 1 rings (SSSR count). The van der Waals surface area contributed by atoms with Gasteiger partial charge in [-0.2, -0.15) is 0 Å². The van der Waals surface area contributed by atoms with Crippen LogP contribution < -0.4 is 0 Å². The molecule has 1 aliphatic carbocycles. The normalized spacial score (nSPS) is 19.5. The van der Waals surface area contributed by atoms with Crippen LogP contribution in [-0.4, -0.2) is 37.4 Å². The summed E-state index contributed by atoms with van der Waals surface area (Å²) < 4.78 is 46.6. The van der Waals surface area contributed by atoms with Gasteiger partial charge in [-0.1, -0.05) is 38.5 Å². The van der Waals surface area contributed by atoms with Crippen LogP contribution >= 0.6 is 0 Å². The molecule has 0 aliphatic heterocycles. The smallest absolute Gasteiger partial charge is 0.228 e. The maximum atomic E-state index is 12.6. The fraction of sp³-hybridized carbons (Fsp3) is 0.684. The zero-order valence-corrected chi connectivity index (χ0v) is 14.4. The molecule has 0 atom stereocenters. The van der Waals surface area contributed by atoms with Gasteiger partial charge >= 0.3 is 0 Å². The van der Waals surface area contributed by atoms with Gasteiger partial charge in [0, 0.05) is 20.5 Å². The number of rotatable bonds is 12. The maximum Gasteiger partial charge on any atom is 0.228 e. The van der Waals surface area contributed by atoms with E-state index in [4.69, 9.17) is 21.4 Å². The quantitative estimate of drug-likeness (QED) is 0.434. The summed E-state index contributed by atoms with van der Waals surface area (Å²) in [6, 6.07) is 0. The Balaban J connectivity index is 2.57. The summed E-state index contributed by atoms with van der Waals surface area (Å²) >= 11 is 0. The fourth-order valence-corrected chi connectivity index (χ4v) is 2.69. The molecule has 0 saturated heterocycles. The Morgan fingerprint density at radius 3 is 2.21 bits per heavy atom. The summed E-state index contributed by atoms with van der Waals surface area (Å²) in [7, 11) is -1.67. The molecule has 0 amide bonds. The van der Waals surface area contributed by atoms with Gasteiger partial charge in [-0.05, 0) is 26.2 Å². The lowest BCUT2D eigenvalue weighted by atomic mass is 9.89. The topological polar surface area (TPSA) is 72.8 Å². The van der Waals surface area contributed by atoms with Crippen LogP contribution in [0.2, 0.25) is 0 Å². The Kier molecular flexibility index (Phi) is 6.27. The van der Waals surface area contributed by atoms with Gasteiger partial charge in [-0.15, -0.1) is 0 Å². The van der Waals surface area contributed by atoms with Crippen molar-refractivity contribution in [3.63, 3.8) is 0 Å². The van der Waals surface area contributed by atoms with E-state index >= 15 is 0 Å². The van der Waals surface area contributed by atoms with Crippen LogP contribution in [0.1, 0.15) is 71.5 Å².